The van der Waals surface area contributed by atoms with Crippen molar-refractivity contribution in [1.82, 2.24) is 0 Å². The van der Waals surface area contributed by atoms with Crippen molar-refractivity contribution < 1.29 is 4.79 Å². The summed E-state index contributed by atoms with van der Waals surface area (Å²) in [4.78, 5) is 12.5. The second-order valence-electron chi connectivity index (χ2n) is 1.15. The van der Waals surface area contributed by atoms with Gasteiger partial charge in [0.1, 0.15) is 0 Å². The van der Waals surface area contributed by atoms with Crippen LogP contribution in [0.1, 0.15) is 13.8 Å². The van der Waals surface area contributed by atoms with Crippen LogP contribution >= 0.6 is 0 Å². The van der Waals surface area contributed by atoms with E-state index in [0.29, 0.717) is 0 Å². The summed E-state index contributed by atoms with van der Waals surface area (Å²) in [6.45, 7) is 3.48. The van der Waals surface area contributed by atoms with Crippen LogP contribution in [0.4, 0.5) is 0 Å². The van der Waals surface area contributed by atoms with Gasteiger partial charge in [-0.25, -0.2) is 4.79 Å². The largest absolute Gasteiger partial charge is 0.235 e. The van der Waals surface area contributed by atoms with Crippen LogP contribution in [0.25, 0.3) is 0 Å². The fourth-order valence-corrected chi connectivity index (χ4v) is 0.0913. The predicted molar refractivity (Wildman–Crippen MR) is 22.7 cm³/mol. The normalized spacial score (nSPS) is 7.83. The number of hydrogen-bond donors (Lipinski definition) is 0. The van der Waals surface area contributed by atoms with Gasteiger partial charge in [-0.15, -0.1) is 0 Å². The number of rotatable bonds is 1. The molecule has 0 unspecified atom stereocenters. The highest BCUT2D eigenvalue weighted by atomic mass is 16.1. The van der Waals surface area contributed by atoms with E-state index in [2.05, 4.69) is 4.99 Å². The number of carbonyl (C=O) groups excluding carboxylic acids is 1. The molecule has 0 aromatic carbocycles. The summed E-state index contributed by atoms with van der Waals surface area (Å²) in [5, 5.41) is 0. The van der Waals surface area contributed by atoms with Gasteiger partial charge in [0.2, 0.25) is 6.08 Å². The van der Waals surface area contributed by atoms with E-state index in [-0.39, 0.29) is 0 Å². The fraction of sp³-hybridized carbons (Fsp3) is 0.500. The molecule has 0 spiro atoms. The molecule has 1 radical (unpaired) electrons. The molecule has 2 nitrogen and oxygen atoms in total. The number of hydrogen-bond acceptors (Lipinski definition) is 2. The maximum absolute atomic E-state index is 9.30. The number of aliphatic imine (C=N–C) groups is 1. The lowest BCUT2D eigenvalue weighted by Crippen LogP contribution is -1.70. The highest BCUT2D eigenvalue weighted by Gasteiger charge is 1.80. The first-order chi connectivity index (χ1) is 2.77. The maximum atomic E-state index is 9.30. The Morgan fingerprint density at radius 2 is 2.17 bits per heavy atom. The zero-order chi connectivity index (χ0) is 4.99. The summed E-state index contributed by atoms with van der Waals surface area (Å²) in [6.07, 6.45) is 1.41. The Bertz CT molecular complexity index is 71.6. The van der Waals surface area contributed by atoms with Crippen LogP contribution in [0.2, 0.25) is 0 Å². The molecule has 0 aliphatic rings. The summed E-state index contributed by atoms with van der Waals surface area (Å²) in [5.41, 5.74) is 0. The highest BCUT2D eigenvalue weighted by molar-refractivity contribution is 5.34. The molecule has 6 heavy (non-hydrogen) atoms. The minimum Gasteiger partial charge on any atom is -0.211 e. The van der Waals surface area contributed by atoms with Crippen LogP contribution in [0.3, 0.4) is 0 Å². The van der Waals surface area contributed by atoms with E-state index in [9.17, 15) is 4.79 Å². The summed E-state index contributed by atoms with van der Waals surface area (Å²) >= 11 is 0. The van der Waals surface area contributed by atoms with Crippen LogP contribution < -0.4 is 0 Å². The molecule has 2 heteroatoms. The SMILES string of the molecule is C[C](C)N=C=O. The van der Waals surface area contributed by atoms with Crippen molar-refractivity contribution in [2.75, 3.05) is 0 Å². The smallest absolute Gasteiger partial charge is 0.211 e. The quantitative estimate of drug-likeness (QED) is 0.342. The van der Waals surface area contributed by atoms with Crippen LogP contribution in [0.5, 0.6) is 0 Å². The minimum absolute atomic E-state index is 0.741. The standard InChI is InChI=1S/C4H6NO/c1-4(2)5-3-6/h1-2H3. The second kappa shape index (κ2) is 2.61. The predicted octanol–water partition coefficient (Wildman–Crippen LogP) is 0.894. The average molecular weight is 84.1 g/mol. The van der Waals surface area contributed by atoms with Gasteiger partial charge in [-0.2, -0.15) is 4.99 Å². The van der Waals surface area contributed by atoms with Crippen LogP contribution in [-0.2, 0) is 4.79 Å². The van der Waals surface area contributed by atoms with Crippen molar-refractivity contribution >= 4 is 6.08 Å². The van der Waals surface area contributed by atoms with Gasteiger partial charge in [0.15, 0.2) is 0 Å². The van der Waals surface area contributed by atoms with Gasteiger partial charge in [0, 0.05) is 0 Å². The Hall–Kier alpha value is -0.620. The molecule has 0 rings (SSSR count). The molecule has 0 aromatic heterocycles. The lowest BCUT2D eigenvalue weighted by molar-refractivity contribution is 0.563. The van der Waals surface area contributed by atoms with Gasteiger partial charge in [0.25, 0.3) is 0 Å². The third-order valence-corrected chi connectivity index (χ3v) is 0.269. The Morgan fingerprint density at radius 3 is 2.17 bits per heavy atom. The van der Waals surface area contributed by atoms with Gasteiger partial charge in [-0.05, 0) is 13.8 Å². The van der Waals surface area contributed by atoms with Gasteiger partial charge >= 0.3 is 0 Å². The molecule has 0 aliphatic heterocycles. The number of isocyanates is 1. The first kappa shape index (κ1) is 5.38. The average Bonchev–Trinajstić information content (AvgIpc) is 1.35. The Labute approximate surface area is 36.9 Å². The van der Waals surface area contributed by atoms with Crippen molar-refractivity contribution in [3.05, 3.63) is 6.04 Å². The third kappa shape index (κ3) is 3.38. The zero-order valence-electron chi connectivity index (χ0n) is 3.86. The first-order valence-electron chi connectivity index (χ1n) is 1.65. The maximum Gasteiger partial charge on any atom is 0.235 e. The van der Waals surface area contributed by atoms with Crippen LogP contribution in [0, 0.1) is 6.04 Å². The van der Waals surface area contributed by atoms with E-state index in [1.807, 2.05) is 0 Å². The van der Waals surface area contributed by atoms with Gasteiger partial charge in [-0.3, -0.25) is 0 Å². The lowest BCUT2D eigenvalue weighted by atomic mass is 10.4. The van der Waals surface area contributed by atoms with E-state index >= 15 is 0 Å². The van der Waals surface area contributed by atoms with E-state index in [0.717, 1.165) is 6.04 Å². The number of nitrogens with zero attached hydrogens (tertiary/aromatic N) is 1. The summed E-state index contributed by atoms with van der Waals surface area (Å²) < 4.78 is 0. The van der Waals surface area contributed by atoms with Crippen molar-refractivity contribution in [3.8, 4) is 0 Å². The van der Waals surface area contributed by atoms with Gasteiger partial charge < -0.3 is 0 Å². The topological polar surface area (TPSA) is 29.4 Å². The fourth-order valence-electron chi connectivity index (χ4n) is 0.0913. The molecule has 0 N–H and O–H groups in total. The van der Waals surface area contributed by atoms with E-state index in [4.69, 9.17) is 0 Å². The summed E-state index contributed by atoms with van der Waals surface area (Å²) in [5.74, 6) is 0. The van der Waals surface area contributed by atoms with Crippen LogP contribution in [0.15, 0.2) is 4.99 Å². The molecule has 0 saturated carbocycles. The summed E-state index contributed by atoms with van der Waals surface area (Å²) in [6, 6.07) is 0.741. The summed E-state index contributed by atoms with van der Waals surface area (Å²) in [7, 11) is 0. The Balaban J connectivity index is 3.29. The monoisotopic (exact) mass is 84.0 g/mol. The highest BCUT2D eigenvalue weighted by Crippen LogP contribution is 1.90. The van der Waals surface area contributed by atoms with Crippen molar-refractivity contribution in [2.24, 2.45) is 4.99 Å². The Morgan fingerprint density at radius 1 is 1.67 bits per heavy atom. The van der Waals surface area contributed by atoms with Crippen LogP contribution in [-0.4, -0.2) is 6.08 Å². The molecule has 0 amide bonds. The molecule has 0 aromatic rings. The van der Waals surface area contributed by atoms with Gasteiger partial charge in [-0.1, -0.05) is 0 Å². The van der Waals surface area contributed by atoms with Gasteiger partial charge in [0.05, 0.1) is 6.04 Å². The first-order valence-corrected chi connectivity index (χ1v) is 1.65. The molecule has 0 atom stereocenters. The molecule has 0 heterocycles. The second-order valence-corrected chi connectivity index (χ2v) is 1.15. The van der Waals surface area contributed by atoms with E-state index in [1.54, 1.807) is 13.8 Å². The zero-order valence-corrected chi connectivity index (χ0v) is 3.86. The molecule has 0 fully saturated rings. The Kier molecular flexibility index (Phi) is 2.34. The van der Waals surface area contributed by atoms with E-state index in [1.165, 1.54) is 6.08 Å². The molecule has 0 aliphatic carbocycles. The van der Waals surface area contributed by atoms with Crippen molar-refractivity contribution in [2.45, 2.75) is 13.8 Å². The molecular formula is C4H6NO. The van der Waals surface area contributed by atoms with Crippen molar-refractivity contribution in [3.63, 3.8) is 0 Å². The van der Waals surface area contributed by atoms with E-state index < -0.39 is 0 Å². The molecule has 0 saturated heterocycles. The minimum atomic E-state index is 0.741. The molecule has 0 bridgehead atoms. The molecular weight excluding hydrogens is 78.0 g/mol. The third-order valence-electron chi connectivity index (χ3n) is 0.269. The lowest BCUT2D eigenvalue weighted by Gasteiger charge is -1.80. The van der Waals surface area contributed by atoms with Crippen molar-refractivity contribution in [1.29, 1.82) is 0 Å². The molecule has 33 valence electrons.